The van der Waals surface area contributed by atoms with Gasteiger partial charge in [0.2, 0.25) is 0 Å². The molecule has 1 aromatic rings. The molecule has 0 aliphatic carbocycles. The molecule has 0 radical (unpaired) electrons. The Bertz CT molecular complexity index is 719. The van der Waals surface area contributed by atoms with E-state index in [1.165, 1.54) is 13.8 Å². The maximum Gasteiger partial charge on any atom is 0.417 e. The van der Waals surface area contributed by atoms with E-state index in [9.17, 15) is 26.2 Å². The third-order valence-corrected chi connectivity index (χ3v) is 5.00. The second-order valence-electron chi connectivity index (χ2n) is 4.77. The highest BCUT2D eigenvalue weighted by Crippen LogP contribution is 2.49. The largest absolute Gasteiger partial charge is 0.417 e. The highest BCUT2D eigenvalue weighted by molar-refractivity contribution is 7.87. The van der Waals surface area contributed by atoms with Crippen LogP contribution in [0.15, 0.2) is 29.2 Å². The lowest BCUT2D eigenvalue weighted by Crippen LogP contribution is -2.16. The van der Waals surface area contributed by atoms with Crippen LogP contribution in [0.1, 0.15) is 19.4 Å². The van der Waals surface area contributed by atoms with Crippen molar-refractivity contribution in [2.45, 2.75) is 31.0 Å². The lowest BCUT2D eigenvalue weighted by molar-refractivity contribution is -0.274. The zero-order valence-electron chi connectivity index (χ0n) is 13.3. The van der Waals surface area contributed by atoms with Crippen molar-refractivity contribution in [1.29, 1.82) is 0 Å². The fourth-order valence-electron chi connectivity index (χ4n) is 1.44. The van der Waals surface area contributed by atoms with E-state index < -0.39 is 46.8 Å². The summed E-state index contributed by atoms with van der Waals surface area (Å²) >= 11 is 0. The third kappa shape index (κ3) is 6.66. The molecule has 0 N–H and O–H groups in total. The van der Waals surface area contributed by atoms with Gasteiger partial charge in [-0.2, -0.15) is 21.6 Å². The Hall–Kier alpha value is -1.01. The Labute approximate surface area is 142 Å². The second-order valence-corrected chi connectivity index (χ2v) is 8.13. The van der Waals surface area contributed by atoms with Gasteiger partial charge in [-0.25, -0.2) is 9.78 Å². The smallest absolute Gasteiger partial charge is 0.253 e. The summed E-state index contributed by atoms with van der Waals surface area (Å²) in [5.41, 5.74) is -1.43. The van der Waals surface area contributed by atoms with Crippen LogP contribution >= 0.6 is 7.60 Å². The predicted molar refractivity (Wildman–Crippen MR) is 77.6 cm³/mol. The van der Waals surface area contributed by atoms with Gasteiger partial charge in [0, 0.05) is 0 Å². The van der Waals surface area contributed by atoms with Crippen LogP contribution < -0.4 is 0 Å². The van der Waals surface area contributed by atoms with Crippen molar-refractivity contribution in [2.24, 2.45) is 0 Å². The molecule has 0 aliphatic rings. The molecule has 13 heteroatoms. The lowest BCUT2D eigenvalue weighted by Gasteiger charge is -2.17. The van der Waals surface area contributed by atoms with Crippen molar-refractivity contribution in [3.05, 3.63) is 29.8 Å². The summed E-state index contributed by atoms with van der Waals surface area (Å²) in [5.74, 6) is 0. The number of rotatable bonds is 9. The van der Waals surface area contributed by atoms with E-state index in [0.717, 1.165) is 19.2 Å². The van der Waals surface area contributed by atoms with E-state index in [-0.39, 0.29) is 0 Å². The summed E-state index contributed by atoms with van der Waals surface area (Å²) in [6.45, 7) is 3.02. The summed E-state index contributed by atoms with van der Waals surface area (Å²) in [4.78, 5) is 7.61. The van der Waals surface area contributed by atoms with Gasteiger partial charge in [-0.1, -0.05) is 12.1 Å². The first-order valence-corrected chi connectivity index (χ1v) is 9.77. The standard InChI is InChI=1S/C12H16F3O8PS/c1-9(2)21-23-24(16,22-19-3)8-20-25(17,18)11-7-5-4-6-10(11)12(13,14)15/h4-7,9H,8H2,1-3H3. The molecule has 1 aromatic carbocycles. The van der Waals surface area contributed by atoms with E-state index in [2.05, 4.69) is 23.3 Å². The molecular formula is C12H16F3O8PS. The zero-order chi connectivity index (χ0) is 19.3. The average molecular weight is 408 g/mol. The van der Waals surface area contributed by atoms with Crippen LogP contribution in [-0.4, -0.2) is 28.0 Å². The maximum absolute atomic E-state index is 12.9. The molecule has 8 nitrogen and oxygen atoms in total. The van der Waals surface area contributed by atoms with Crippen molar-refractivity contribution in [2.75, 3.05) is 13.5 Å². The van der Waals surface area contributed by atoms with Gasteiger partial charge >= 0.3 is 13.8 Å². The van der Waals surface area contributed by atoms with Crippen molar-refractivity contribution >= 4 is 17.7 Å². The Morgan fingerprint density at radius 2 is 1.76 bits per heavy atom. The maximum atomic E-state index is 12.9. The quantitative estimate of drug-likeness (QED) is 0.265. The van der Waals surface area contributed by atoms with Gasteiger partial charge in [0.25, 0.3) is 10.1 Å². The summed E-state index contributed by atoms with van der Waals surface area (Å²) in [5, 5.41) is 0. The van der Waals surface area contributed by atoms with Gasteiger partial charge in [-0.3, -0.25) is 8.75 Å². The van der Waals surface area contributed by atoms with Gasteiger partial charge in [0.15, 0.2) is 6.35 Å². The molecule has 0 bridgehead atoms. The number of hydrogen-bond acceptors (Lipinski definition) is 8. The minimum atomic E-state index is -4.93. The minimum absolute atomic E-state index is 0.569. The Morgan fingerprint density at radius 1 is 1.16 bits per heavy atom. The van der Waals surface area contributed by atoms with E-state index in [1.807, 2.05) is 0 Å². The molecule has 0 fully saturated rings. The highest BCUT2D eigenvalue weighted by Gasteiger charge is 2.39. The van der Waals surface area contributed by atoms with Gasteiger partial charge < -0.3 is 0 Å². The highest BCUT2D eigenvalue weighted by atomic mass is 32.2. The van der Waals surface area contributed by atoms with Crippen LogP contribution in [0.5, 0.6) is 0 Å². The zero-order valence-corrected chi connectivity index (χ0v) is 15.1. The van der Waals surface area contributed by atoms with Crippen LogP contribution in [0.2, 0.25) is 0 Å². The fraction of sp³-hybridized carbons (Fsp3) is 0.500. The van der Waals surface area contributed by atoms with Crippen LogP contribution in [0.3, 0.4) is 0 Å². The third-order valence-electron chi connectivity index (χ3n) is 2.36. The van der Waals surface area contributed by atoms with Crippen molar-refractivity contribution in [3.8, 4) is 0 Å². The summed E-state index contributed by atoms with van der Waals surface area (Å²) < 4.78 is 88.2. The molecule has 25 heavy (non-hydrogen) atoms. The molecule has 0 aromatic heterocycles. The monoisotopic (exact) mass is 408 g/mol. The van der Waals surface area contributed by atoms with Crippen molar-refractivity contribution in [1.82, 2.24) is 0 Å². The Balaban J connectivity index is 3.03. The average Bonchev–Trinajstić information content (AvgIpc) is 2.51. The second kappa shape index (κ2) is 8.58. The van der Waals surface area contributed by atoms with Crippen molar-refractivity contribution < 1.29 is 49.5 Å². The molecular weight excluding hydrogens is 392 g/mol. The first-order chi connectivity index (χ1) is 11.4. The number of alkyl halides is 3. The minimum Gasteiger partial charge on any atom is -0.253 e. The molecule has 0 saturated heterocycles. The van der Waals surface area contributed by atoms with Crippen LogP contribution in [0, 0.1) is 0 Å². The first-order valence-electron chi connectivity index (χ1n) is 6.63. The molecule has 1 atom stereocenters. The van der Waals surface area contributed by atoms with Gasteiger partial charge in [0.1, 0.15) is 4.90 Å². The summed E-state index contributed by atoms with van der Waals surface area (Å²) in [6, 6.07) is 3.36. The first kappa shape index (κ1) is 22.0. The van der Waals surface area contributed by atoms with Crippen LogP contribution in [-0.2, 0) is 44.2 Å². The molecule has 1 rings (SSSR count). The van der Waals surface area contributed by atoms with Crippen LogP contribution in [0.4, 0.5) is 13.2 Å². The molecule has 0 saturated carbocycles. The number of hydrogen-bond donors (Lipinski definition) is 0. The van der Waals surface area contributed by atoms with Crippen molar-refractivity contribution in [3.63, 3.8) is 0 Å². The summed E-state index contributed by atoms with van der Waals surface area (Å²) in [7, 11) is -8.34. The fourth-order valence-corrected chi connectivity index (χ4v) is 3.97. The van der Waals surface area contributed by atoms with Gasteiger partial charge in [-0.15, -0.1) is 9.35 Å². The van der Waals surface area contributed by atoms with E-state index in [4.69, 9.17) is 0 Å². The molecule has 0 spiro atoms. The van der Waals surface area contributed by atoms with Gasteiger partial charge in [-0.05, 0) is 26.0 Å². The summed E-state index contributed by atoms with van der Waals surface area (Å²) in [6.07, 6.45) is -6.77. The van der Waals surface area contributed by atoms with Gasteiger partial charge in [0.05, 0.1) is 18.8 Å². The molecule has 144 valence electrons. The van der Waals surface area contributed by atoms with E-state index >= 15 is 0 Å². The lowest BCUT2D eigenvalue weighted by atomic mass is 10.2. The predicted octanol–water partition coefficient (Wildman–Crippen LogP) is 3.50. The molecule has 0 aliphatic heterocycles. The Morgan fingerprint density at radius 3 is 2.28 bits per heavy atom. The SMILES string of the molecule is COOP(=O)(COS(=O)(=O)c1ccccc1C(F)(F)F)OOC(C)C. The molecule has 1 unspecified atom stereocenters. The molecule has 0 heterocycles. The number of halogens is 3. The van der Waals surface area contributed by atoms with E-state index in [0.29, 0.717) is 12.1 Å². The number of benzene rings is 1. The topological polar surface area (TPSA) is 97.4 Å². The molecule has 0 amide bonds. The normalized spacial score (nSPS) is 15.3. The Kier molecular flexibility index (Phi) is 7.56. The van der Waals surface area contributed by atoms with Crippen LogP contribution in [0.25, 0.3) is 0 Å². The van der Waals surface area contributed by atoms with E-state index in [1.54, 1.807) is 0 Å².